The van der Waals surface area contributed by atoms with Gasteiger partial charge < -0.3 is 4.74 Å². The fraction of sp³-hybridized carbons (Fsp3) is 0.800. The normalized spacial score (nSPS) is 30.0. The maximum absolute atomic E-state index is 11.7. The average molecular weight is 238 g/mol. The Kier molecular flexibility index (Phi) is 3.75. The van der Waals surface area contributed by atoms with Crippen molar-refractivity contribution in [2.24, 2.45) is 16.7 Å². The minimum Gasteiger partial charge on any atom is -0.458 e. The van der Waals surface area contributed by atoms with Crippen molar-refractivity contribution >= 4 is 5.97 Å². The zero-order chi connectivity index (χ0) is 13.4. The third kappa shape index (κ3) is 2.27. The molecular weight excluding hydrogens is 212 g/mol. The molecule has 0 aromatic heterocycles. The maximum Gasteiger partial charge on any atom is 0.333 e. The highest BCUT2D eigenvalue weighted by molar-refractivity contribution is 5.87. The molecule has 0 aromatic carbocycles. The third-order valence-corrected chi connectivity index (χ3v) is 5.08. The van der Waals surface area contributed by atoms with Crippen LogP contribution in [-0.2, 0) is 9.53 Å². The first kappa shape index (κ1) is 14.3. The molecule has 0 spiro atoms. The minimum absolute atomic E-state index is 0.00616. The van der Waals surface area contributed by atoms with E-state index in [0.29, 0.717) is 11.5 Å². The van der Waals surface area contributed by atoms with Crippen LogP contribution >= 0.6 is 0 Å². The third-order valence-electron chi connectivity index (χ3n) is 5.08. The van der Waals surface area contributed by atoms with E-state index in [1.54, 1.807) is 6.92 Å². The molecule has 1 fully saturated rings. The molecule has 0 radical (unpaired) electrons. The smallest absolute Gasteiger partial charge is 0.333 e. The molecule has 2 atom stereocenters. The van der Waals surface area contributed by atoms with E-state index in [-0.39, 0.29) is 22.9 Å². The van der Waals surface area contributed by atoms with Gasteiger partial charge in [0.05, 0.1) is 0 Å². The predicted molar refractivity (Wildman–Crippen MR) is 70.7 cm³/mol. The highest BCUT2D eigenvalue weighted by Crippen LogP contribution is 2.57. The highest BCUT2D eigenvalue weighted by atomic mass is 16.5. The Morgan fingerprint density at radius 1 is 1.29 bits per heavy atom. The first-order valence-corrected chi connectivity index (χ1v) is 6.51. The number of hydrogen-bond donors (Lipinski definition) is 0. The van der Waals surface area contributed by atoms with Crippen LogP contribution in [0.4, 0.5) is 0 Å². The Morgan fingerprint density at radius 2 is 1.82 bits per heavy atom. The van der Waals surface area contributed by atoms with Crippen molar-refractivity contribution in [3.63, 3.8) is 0 Å². The largest absolute Gasteiger partial charge is 0.458 e. The van der Waals surface area contributed by atoms with E-state index >= 15 is 0 Å². The molecule has 0 heterocycles. The molecule has 0 N–H and O–H groups in total. The topological polar surface area (TPSA) is 26.3 Å². The van der Waals surface area contributed by atoms with Gasteiger partial charge in [0.15, 0.2) is 0 Å². The molecule has 0 amide bonds. The lowest BCUT2D eigenvalue weighted by Crippen LogP contribution is -2.39. The molecule has 2 unspecified atom stereocenters. The Labute approximate surface area is 105 Å². The molecule has 98 valence electrons. The minimum atomic E-state index is -0.254. The Morgan fingerprint density at radius 3 is 2.18 bits per heavy atom. The average Bonchev–Trinajstić information content (AvgIpc) is 2.37. The summed E-state index contributed by atoms with van der Waals surface area (Å²) in [5.74, 6) is 0.357. The summed E-state index contributed by atoms with van der Waals surface area (Å²) >= 11 is 0. The number of esters is 1. The van der Waals surface area contributed by atoms with Crippen LogP contribution in [0.3, 0.4) is 0 Å². The summed E-state index contributed by atoms with van der Waals surface area (Å²) < 4.78 is 5.62. The van der Waals surface area contributed by atoms with E-state index in [2.05, 4.69) is 41.2 Å². The van der Waals surface area contributed by atoms with Crippen LogP contribution in [0.1, 0.15) is 54.4 Å². The molecule has 1 aliphatic carbocycles. The molecule has 2 heteroatoms. The SMILES string of the molecule is C=C(C)C(=O)OC1CC(CC)C(C)(C)C1(C)C. The second kappa shape index (κ2) is 4.47. The van der Waals surface area contributed by atoms with Crippen molar-refractivity contribution in [3.8, 4) is 0 Å². The molecule has 0 aromatic rings. The van der Waals surface area contributed by atoms with E-state index in [1.165, 1.54) is 0 Å². The molecule has 1 rings (SSSR count). The monoisotopic (exact) mass is 238 g/mol. The number of hydrogen-bond acceptors (Lipinski definition) is 2. The van der Waals surface area contributed by atoms with Gasteiger partial charge in [-0.1, -0.05) is 47.6 Å². The molecule has 0 aliphatic heterocycles. The molecule has 1 saturated carbocycles. The van der Waals surface area contributed by atoms with Gasteiger partial charge in [0.1, 0.15) is 6.10 Å². The lowest BCUT2D eigenvalue weighted by molar-refractivity contribution is -0.150. The quantitative estimate of drug-likeness (QED) is 0.549. The van der Waals surface area contributed by atoms with Crippen LogP contribution in [0.5, 0.6) is 0 Å². The summed E-state index contributed by atoms with van der Waals surface area (Å²) in [7, 11) is 0. The van der Waals surface area contributed by atoms with Gasteiger partial charge in [-0.3, -0.25) is 0 Å². The fourth-order valence-corrected chi connectivity index (χ4v) is 2.89. The van der Waals surface area contributed by atoms with E-state index in [0.717, 1.165) is 12.8 Å². The van der Waals surface area contributed by atoms with Crippen LogP contribution in [-0.4, -0.2) is 12.1 Å². The van der Waals surface area contributed by atoms with Gasteiger partial charge in [-0.25, -0.2) is 4.79 Å². The number of ether oxygens (including phenoxy) is 1. The van der Waals surface area contributed by atoms with Gasteiger partial charge in [0, 0.05) is 11.0 Å². The number of rotatable bonds is 3. The Balaban J connectivity index is 2.90. The molecule has 0 saturated heterocycles. The fourth-order valence-electron chi connectivity index (χ4n) is 2.89. The lowest BCUT2D eigenvalue weighted by Gasteiger charge is -2.40. The zero-order valence-corrected chi connectivity index (χ0v) is 12.1. The van der Waals surface area contributed by atoms with Crippen molar-refractivity contribution in [1.29, 1.82) is 0 Å². The zero-order valence-electron chi connectivity index (χ0n) is 12.1. The first-order valence-electron chi connectivity index (χ1n) is 6.51. The summed E-state index contributed by atoms with van der Waals surface area (Å²) in [6, 6.07) is 0. The highest BCUT2D eigenvalue weighted by Gasteiger charge is 2.55. The number of carbonyl (C=O) groups excluding carboxylic acids is 1. The summed E-state index contributed by atoms with van der Waals surface area (Å²) in [6.07, 6.45) is 2.11. The summed E-state index contributed by atoms with van der Waals surface area (Å²) in [4.78, 5) is 11.7. The van der Waals surface area contributed by atoms with Gasteiger partial charge in [-0.05, 0) is 24.7 Å². The second-order valence-corrected chi connectivity index (χ2v) is 6.46. The summed E-state index contributed by atoms with van der Waals surface area (Å²) in [5.41, 5.74) is 0.694. The van der Waals surface area contributed by atoms with Crippen LogP contribution in [0.15, 0.2) is 12.2 Å². The van der Waals surface area contributed by atoms with Crippen LogP contribution in [0, 0.1) is 16.7 Å². The van der Waals surface area contributed by atoms with Gasteiger partial charge in [0.25, 0.3) is 0 Å². The molecular formula is C15H26O2. The second-order valence-electron chi connectivity index (χ2n) is 6.46. The van der Waals surface area contributed by atoms with Gasteiger partial charge in [0.2, 0.25) is 0 Å². The Bertz CT molecular complexity index is 326. The predicted octanol–water partition coefficient (Wildman–Crippen LogP) is 3.96. The lowest BCUT2D eigenvalue weighted by atomic mass is 9.66. The van der Waals surface area contributed by atoms with Crippen molar-refractivity contribution < 1.29 is 9.53 Å². The number of carbonyl (C=O) groups is 1. The van der Waals surface area contributed by atoms with E-state index < -0.39 is 0 Å². The first-order chi connectivity index (χ1) is 7.64. The van der Waals surface area contributed by atoms with Crippen LogP contribution in [0.2, 0.25) is 0 Å². The van der Waals surface area contributed by atoms with Crippen molar-refractivity contribution in [1.82, 2.24) is 0 Å². The van der Waals surface area contributed by atoms with Gasteiger partial charge in [-0.15, -0.1) is 0 Å². The Hall–Kier alpha value is -0.790. The van der Waals surface area contributed by atoms with Crippen molar-refractivity contribution in [2.75, 3.05) is 0 Å². The van der Waals surface area contributed by atoms with Gasteiger partial charge in [-0.2, -0.15) is 0 Å². The van der Waals surface area contributed by atoms with Crippen LogP contribution in [0.25, 0.3) is 0 Å². The standard InChI is InChI=1S/C15H26O2/c1-8-11-9-12(17-13(16)10(2)3)15(6,7)14(11,4)5/h11-12H,2,8-9H2,1,3-7H3. The van der Waals surface area contributed by atoms with Crippen LogP contribution < -0.4 is 0 Å². The molecule has 2 nitrogen and oxygen atoms in total. The molecule has 17 heavy (non-hydrogen) atoms. The van der Waals surface area contributed by atoms with Gasteiger partial charge >= 0.3 is 5.97 Å². The van der Waals surface area contributed by atoms with E-state index in [1.807, 2.05) is 0 Å². The van der Waals surface area contributed by atoms with E-state index in [4.69, 9.17) is 4.74 Å². The summed E-state index contributed by atoms with van der Waals surface area (Å²) in [5, 5.41) is 0. The van der Waals surface area contributed by atoms with E-state index in [9.17, 15) is 4.79 Å². The van der Waals surface area contributed by atoms with Crippen molar-refractivity contribution in [3.05, 3.63) is 12.2 Å². The molecule has 0 bridgehead atoms. The molecule has 1 aliphatic rings. The summed E-state index contributed by atoms with van der Waals surface area (Å²) in [6.45, 7) is 16.6. The maximum atomic E-state index is 11.7. The van der Waals surface area contributed by atoms with Crippen molar-refractivity contribution in [2.45, 2.75) is 60.5 Å².